The molecule has 0 atom stereocenters. The minimum atomic E-state index is -0.0511. The molecule has 148 valence electrons. The van der Waals surface area contributed by atoms with Crippen LogP contribution in [-0.2, 0) is 0 Å². The summed E-state index contributed by atoms with van der Waals surface area (Å²) in [6.45, 7) is 0. The van der Waals surface area contributed by atoms with Crippen molar-refractivity contribution in [3.05, 3.63) is 84.9 Å². The fourth-order valence-electron chi connectivity index (χ4n) is 3.25. The van der Waals surface area contributed by atoms with Gasteiger partial charge in [0.2, 0.25) is 0 Å². The largest absolute Gasteiger partial charge is 0.507 e. The number of nitrogens with zero attached hydrogens (tertiary/aromatic N) is 2. The Hall–Kier alpha value is -4.32. The molecule has 4 aromatic carbocycles. The van der Waals surface area contributed by atoms with Gasteiger partial charge in [-0.2, -0.15) is 0 Å². The lowest BCUT2D eigenvalue weighted by Crippen LogP contribution is -1.83. The number of para-hydroxylation sites is 2. The van der Waals surface area contributed by atoms with Crippen LogP contribution in [0.3, 0.4) is 0 Å². The SMILES string of the molecule is Oc1ccccc1-c1c(O)cccc1N=Nc1cccc(O)c1-c1ccccc1O. The first-order chi connectivity index (χ1) is 14.6. The lowest BCUT2D eigenvalue weighted by atomic mass is 10.0. The Morgan fingerprint density at radius 1 is 0.400 bits per heavy atom. The van der Waals surface area contributed by atoms with Crippen molar-refractivity contribution < 1.29 is 20.4 Å². The van der Waals surface area contributed by atoms with Gasteiger partial charge in [0.05, 0.1) is 22.5 Å². The monoisotopic (exact) mass is 398 g/mol. The number of benzene rings is 4. The van der Waals surface area contributed by atoms with E-state index in [4.69, 9.17) is 0 Å². The second-order valence-corrected chi connectivity index (χ2v) is 6.58. The van der Waals surface area contributed by atoms with Crippen molar-refractivity contribution in [2.75, 3.05) is 0 Å². The van der Waals surface area contributed by atoms with E-state index >= 15 is 0 Å². The van der Waals surface area contributed by atoms with Crippen LogP contribution >= 0.6 is 0 Å². The third-order valence-electron chi connectivity index (χ3n) is 4.65. The number of rotatable bonds is 4. The molecule has 0 saturated heterocycles. The molecule has 30 heavy (non-hydrogen) atoms. The fraction of sp³-hybridized carbons (Fsp3) is 0. The smallest absolute Gasteiger partial charge is 0.125 e. The number of hydrogen-bond acceptors (Lipinski definition) is 6. The van der Waals surface area contributed by atoms with Gasteiger partial charge in [0, 0.05) is 11.1 Å². The van der Waals surface area contributed by atoms with Crippen LogP contribution in [0, 0.1) is 0 Å². The van der Waals surface area contributed by atoms with Gasteiger partial charge < -0.3 is 20.4 Å². The summed E-state index contributed by atoms with van der Waals surface area (Å²) in [6, 6.07) is 22.8. The lowest BCUT2D eigenvalue weighted by molar-refractivity contribution is 0.469. The molecule has 0 fully saturated rings. The van der Waals surface area contributed by atoms with Gasteiger partial charge in [-0.1, -0.05) is 48.5 Å². The lowest BCUT2D eigenvalue weighted by Gasteiger charge is -2.11. The average molecular weight is 398 g/mol. The Kier molecular flexibility index (Phi) is 5.05. The van der Waals surface area contributed by atoms with Crippen molar-refractivity contribution in [2.45, 2.75) is 0 Å². The Labute approximate surface area is 172 Å². The first-order valence-electron chi connectivity index (χ1n) is 9.18. The zero-order chi connectivity index (χ0) is 21.1. The van der Waals surface area contributed by atoms with E-state index in [9.17, 15) is 20.4 Å². The second-order valence-electron chi connectivity index (χ2n) is 6.58. The highest BCUT2D eigenvalue weighted by atomic mass is 16.3. The van der Waals surface area contributed by atoms with Crippen molar-refractivity contribution in [1.82, 2.24) is 0 Å². The van der Waals surface area contributed by atoms with Gasteiger partial charge in [0.15, 0.2) is 0 Å². The molecule has 0 amide bonds. The van der Waals surface area contributed by atoms with Crippen LogP contribution in [0.4, 0.5) is 11.4 Å². The molecule has 0 aliphatic rings. The Morgan fingerprint density at radius 2 is 0.767 bits per heavy atom. The van der Waals surface area contributed by atoms with Gasteiger partial charge in [0.1, 0.15) is 23.0 Å². The van der Waals surface area contributed by atoms with Gasteiger partial charge in [-0.25, -0.2) is 0 Å². The molecule has 6 heteroatoms. The number of phenolic OH excluding ortho intramolecular Hbond substituents is 4. The molecule has 0 aliphatic carbocycles. The van der Waals surface area contributed by atoms with E-state index in [0.717, 1.165) is 0 Å². The van der Waals surface area contributed by atoms with Crippen LogP contribution in [0.25, 0.3) is 22.3 Å². The zero-order valence-electron chi connectivity index (χ0n) is 15.8. The molecule has 0 aliphatic heterocycles. The van der Waals surface area contributed by atoms with Crippen LogP contribution in [0.2, 0.25) is 0 Å². The topological polar surface area (TPSA) is 106 Å². The summed E-state index contributed by atoms with van der Waals surface area (Å²) < 4.78 is 0. The maximum atomic E-state index is 10.4. The predicted octanol–water partition coefficient (Wildman–Crippen LogP) is 6.26. The van der Waals surface area contributed by atoms with Gasteiger partial charge in [0.25, 0.3) is 0 Å². The van der Waals surface area contributed by atoms with E-state index < -0.39 is 0 Å². The van der Waals surface area contributed by atoms with E-state index in [1.54, 1.807) is 60.7 Å². The third kappa shape index (κ3) is 3.54. The van der Waals surface area contributed by atoms with E-state index in [-0.39, 0.29) is 23.0 Å². The standard InChI is InChI=1S/C24H18N2O4/c27-19-11-3-1-7-15(19)23-17(9-5-13-21(23)29)25-26-18-10-6-14-22(30)24(18)16-8-2-4-12-20(16)28/h1-14,27-30H. The van der Waals surface area contributed by atoms with Crippen molar-refractivity contribution in [3.8, 4) is 45.3 Å². The Morgan fingerprint density at radius 3 is 1.17 bits per heavy atom. The third-order valence-corrected chi connectivity index (χ3v) is 4.65. The van der Waals surface area contributed by atoms with E-state index in [1.807, 2.05) is 0 Å². The average Bonchev–Trinajstić information content (AvgIpc) is 2.74. The molecule has 0 aromatic heterocycles. The van der Waals surface area contributed by atoms with Crippen LogP contribution in [0.1, 0.15) is 0 Å². The normalized spacial score (nSPS) is 11.1. The van der Waals surface area contributed by atoms with Gasteiger partial charge in [-0.15, -0.1) is 10.2 Å². The second kappa shape index (κ2) is 7.97. The molecule has 6 nitrogen and oxygen atoms in total. The van der Waals surface area contributed by atoms with Gasteiger partial charge >= 0.3 is 0 Å². The molecule has 4 N–H and O–H groups in total. The summed E-state index contributed by atoms with van der Waals surface area (Å²) in [5.41, 5.74) is 2.18. The molecule has 0 saturated carbocycles. The summed E-state index contributed by atoms with van der Waals surface area (Å²) in [6.07, 6.45) is 0. The van der Waals surface area contributed by atoms with Crippen molar-refractivity contribution in [3.63, 3.8) is 0 Å². The number of hydrogen-bond donors (Lipinski definition) is 4. The first-order valence-corrected chi connectivity index (χ1v) is 9.18. The van der Waals surface area contributed by atoms with Crippen LogP contribution in [0.15, 0.2) is 95.2 Å². The quantitative estimate of drug-likeness (QED) is 0.304. The molecule has 4 rings (SSSR count). The molecule has 0 spiro atoms. The number of aromatic hydroxyl groups is 4. The minimum absolute atomic E-state index is 0.00250. The van der Waals surface area contributed by atoms with Crippen molar-refractivity contribution in [1.29, 1.82) is 0 Å². The summed E-state index contributed by atoms with van der Waals surface area (Å²) in [7, 11) is 0. The number of phenols is 4. The molecule has 0 heterocycles. The van der Waals surface area contributed by atoms with Crippen LogP contribution in [-0.4, -0.2) is 20.4 Å². The van der Waals surface area contributed by atoms with Crippen LogP contribution in [0.5, 0.6) is 23.0 Å². The highest BCUT2D eigenvalue weighted by Crippen LogP contribution is 2.45. The van der Waals surface area contributed by atoms with Crippen LogP contribution < -0.4 is 0 Å². The summed E-state index contributed by atoms with van der Waals surface area (Å²) in [4.78, 5) is 0. The summed E-state index contributed by atoms with van der Waals surface area (Å²) in [5, 5.41) is 49.8. The highest BCUT2D eigenvalue weighted by Gasteiger charge is 2.16. The molecule has 4 aromatic rings. The van der Waals surface area contributed by atoms with Crippen molar-refractivity contribution in [2.24, 2.45) is 10.2 Å². The highest BCUT2D eigenvalue weighted by molar-refractivity contribution is 5.86. The summed E-state index contributed by atoms with van der Waals surface area (Å²) >= 11 is 0. The van der Waals surface area contributed by atoms with E-state index in [0.29, 0.717) is 33.6 Å². The predicted molar refractivity (Wildman–Crippen MR) is 115 cm³/mol. The van der Waals surface area contributed by atoms with Gasteiger partial charge in [-0.05, 0) is 36.4 Å². The zero-order valence-corrected chi connectivity index (χ0v) is 15.8. The molecule has 0 radical (unpaired) electrons. The maximum Gasteiger partial charge on any atom is 0.125 e. The minimum Gasteiger partial charge on any atom is -0.507 e. The summed E-state index contributed by atoms with van der Waals surface area (Å²) in [5.74, 6) is -0.0972. The Bertz CT molecular complexity index is 1150. The fourth-order valence-corrected chi connectivity index (χ4v) is 3.25. The van der Waals surface area contributed by atoms with Crippen molar-refractivity contribution >= 4 is 11.4 Å². The molecule has 0 bridgehead atoms. The van der Waals surface area contributed by atoms with E-state index in [2.05, 4.69) is 10.2 Å². The Balaban J connectivity index is 1.84. The first kappa shape index (κ1) is 19.0. The molecular formula is C24H18N2O4. The maximum absolute atomic E-state index is 10.4. The molecular weight excluding hydrogens is 380 g/mol. The van der Waals surface area contributed by atoms with Gasteiger partial charge in [-0.3, -0.25) is 0 Å². The van der Waals surface area contributed by atoms with E-state index in [1.165, 1.54) is 24.3 Å². The molecule has 0 unspecified atom stereocenters. The number of azo groups is 1.